The first-order chi connectivity index (χ1) is 10.1. The van der Waals surface area contributed by atoms with Crippen LogP contribution in [-0.4, -0.2) is 6.17 Å². The molecule has 0 radical (unpaired) electrons. The predicted molar refractivity (Wildman–Crippen MR) is 87.1 cm³/mol. The van der Waals surface area contributed by atoms with Crippen molar-refractivity contribution in [3.8, 4) is 0 Å². The molecule has 2 aromatic rings. The van der Waals surface area contributed by atoms with Gasteiger partial charge in [0, 0.05) is 12.3 Å². The normalized spacial score (nSPS) is 17.6. The quantitative estimate of drug-likeness (QED) is 0.782. The first-order valence-electron chi connectivity index (χ1n) is 7.35. The molecule has 0 aliphatic carbocycles. The van der Waals surface area contributed by atoms with Crippen LogP contribution < -0.4 is 14.4 Å². The van der Waals surface area contributed by atoms with Gasteiger partial charge < -0.3 is 4.90 Å². The van der Waals surface area contributed by atoms with E-state index < -0.39 is 0 Å². The molecule has 0 amide bonds. The van der Waals surface area contributed by atoms with Crippen molar-refractivity contribution >= 4 is 11.5 Å². The van der Waals surface area contributed by atoms with Crippen LogP contribution in [0.2, 0.25) is 0 Å². The molecule has 1 atom stereocenters. The number of para-hydroxylation sites is 1. The molecule has 3 heteroatoms. The van der Waals surface area contributed by atoms with Gasteiger partial charge in [-0.1, -0.05) is 24.3 Å². The minimum Gasteiger partial charge on any atom is -0.305 e. The Kier molecular flexibility index (Phi) is 3.42. The molecule has 108 valence electrons. The number of hydrogen-bond donors (Lipinski definition) is 0. The molecule has 0 spiro atoms. The summed E-state index contributed by atoms with van der Waals surface area (Å²) in [5.41, 5.74) is 3.93. The Hall–Kier alpha value is -2.29. The smallest absolute Gasteiger partial charge is 0.282 e. The van der Waals surface area contributed by atoms with Gasteiger partial charge in [0.2, 0.25) is 0 Å². The van der Waals surface area contributed by atoms with Gasteiger partial charge in [-0.05, 0) is 38.0 Å². The van der Waals surface area contributed by atoms with Crippen LogP contribution in [0.25, 0.3) is 0 Å². The summed E-state index contributed by atoms with van der Waals surface area (Å²) in [6, 6.07) is 12.7. The Labute approximate surface area is 126 Å². The number of aryl methyl sites for hydroxylation is 3. The molecule has 1 aromatic heterocycles. The average Bonchev–Trinajstić information content (AvgIpc) is 2.81. The van der Waals surface area contributed by atoms with E-state index in [1.165, 1.54) is 22.6 Å². The lowest BCUT2D eigenvalue weighted by Gasteiger charge is -2.27. The summed E-state index contributed by atoms with van der Waals surface area (Å²) in [5.74, 6) is 1.19. The van der Waals surface area contributed by atoms with Crippen molar-refractivity contribution in [1.82, 2.24) is 0 Å². The molecule has 1 aliphatic heterocycles. The fourth-order valence-electron chi connectivity index (χ4n) is 3.05. The highest BCUT2D eigenvalue weighted by molar-refractivity contribution is 5.65. The van der Waals surface area contributed by atoms with Crippen LogP contribution in [-0.2, 0) is 7.05 Å². The number of nitrogens with zero attached hydrogens (tertiary/aromatic N) is 3. The lowest BCUT2D eigenvalue weighted by molar-refractivity contribution is -0.658. The molecule has 0 N–H and O–H groups in total. The topological polar surface area (TPSA) is 10.4 Å². The van der Waals surface area contributed by atoms with Gasteiger partial charge in [0.1, 0.15) is 6.20 Å². The minimum atomic E-state index is 0.262. The van der Waals surface area contributed by atoms with Crippen molar-refractivity contribution in [2.45, 2.75) is 26.9 Å². The fourth-order valence-corrected chi connectivity index (χ4v) is 3.05. The Bertz CT molecular complexity index is 670. The van der Waals surface area contributed by atoms with Crippen LogP contribution >= 0.6 is 0 Å². The summed E-state index contributed by atoms with van der Waals surface area (Å²) in [6.07, 6.45) is 6.68. The summed E-state index contributed by atoms with van der Waals surface area (Å²) in [4.78, 5) is 4.64. The van der Waals surface area contributed by atoms with Gasteiger partial charge in [0.25, 0.3) is 5.82 Å². The third-order valence-corrected chi connectivity index (χ3v) is 4.18. The van der Waals surface area contributed by atoms with E-state index in [2.05, 4.69) is 97.2 Å². The molecule has 1 aromatic carbocycles. The van der Waals surface area contributed by atoms with Crippen LogP contribution in [0.4, 0.5) is 11.5 Å². The molecule has 3 rings (SSSR count). The molecular weight excluding hydrogens is 258 g/mol. The van der Waals surface area contributed by atoms with E-state index in [1.54, 1.807) is 0 Å². The number of aromatic nitrogens is 1. The minimum absolute atomic E-state index is 0.262. The van der Waals surface area contributed by atoms with E-state index in [9.17, 15) is 0 Å². The van der Waals surface area contributed by atoms with Crippen molar-refractivity contribution in [3.05, 3.63) is 66.1 Å². The lowest BCUT2D eigenvalue weighted by atomic mass is 10.1. The predicted octanol–water partition coefficient (Wildman–Crippen LogP) is 3.27. The van der Waals surface area contributed by atoms with Crippen LogP contribution in [0, 0.1) is 13.8 Å². The van der Waals surface area contributed by atoms with Crippen LogP contribution in [0.3, 0.4) is 0 Å². The number of rotatable bonds is 2. The molecule has 0 saturated heterocycles. The molecule has 1 aliphatic rings. The zero-order chi connectivity index (χ0) is 15.0. The molecule has 0 fully saturated rings. The Morgan fingerprint density at radius 1 is 0.905 bits per heavy atom. The number of pyridine rings is 1. The third-order valence-electron chi connectivity index (χ3n) is 4.18. The molecule has 21 heavy (non-hydrogen) atoms. The zero-order valence-corrected chi connectivity index (χ0v) is 13.1. The first-order valence-corrected chi connectivity index (χ1v) is 7.35. The summed E-state index contributed by atoms with van der Waals surface area (Å²) in [6.45, 7) is 6.58. The third kappa shape index (κ3) is 2.29. The van der Waals surface area contributed by atoms with Gasteiger partial charge in [-0.2, -0.15) is 0 Å². The maximum atomic E-state index is 2.34. The fraction of sp³-hybridized carbons (Fsp3) is 0.278. The van der Waals surface area contributed by atoms with E-state index in [-0.39, 0.29) is 6.17 Å². The second-order valence-electron chi connectivity index (χ2n) is 5.65. The van der Waals surface area contributed by atoms with Gasteiger partial charge in [-0.3, -0.25) is 0 Å². The second-order valence-corrected chi connectivity index (χ2v) is 5.65. The van der Waals surface area contributed by atoms with E-state index in [4.69, 9.17) is 0 Å². The van der Waals surface area contributed by atoms with E-state index >= 15 is 0 Å². The lowest BCUT2D eigenvalue weighted by Crippen LogP contribution is -2.43. The summed E-state index contributed by atoms with van der Waals surface area (Å²) >= 11 is 0. The number of hydrogen-bond acceptors (Lipinski definition) is 2. The Morgan fingerprint density at radius 2 is 1.57 bits per heavy atom. The van der Waals surface area contributed by atoms with Gasteiger partial charge in [-0.25, -0.2) is 9.47 Å². The molecule has 2 heterocycles. The summed E-state index contributed by atoms with van der Waals surface area (Å²) < 4.78 is 2.15. The molecule has 1 unspecified atom stereocenters. The van der Waals surface area contributed by atoms with Crippen molar-refractivity contribution in [2.75, 3.05) is 9.80 Å². The van der Waals surface area contributed by atoms with Crippen LogP contribution in [0.15, 0.2) is 55.0 Å². The average molecular weight is 280 g/mol. The standard InChI is InChI=1S/C18H22N3/c1-14-8-7-9-15(2)18(14)21-13-12-20(16(21)3)17-10-5-6-11-19(17)4/h5-13,16H,1-4H3/q+1. The van der Waals surface area contributed by atoms with Gasteiger partial charge in [-0.15, -0.1) is 0 Å². The molecule has 0 saturated carbocycles. The highest BCUT2D eigenvalue weighted by Crippen LogP contribution is 2.31. The highest BCUT2D eigenvalue weighted by Gasteiger charge is 2.33. The number of anilines is 2. The van der Waals surface area contributed by atoms with Crippen molar-refractivity contribution in [2.24, 2.45) is 7.05 Å². The van der Waals surface area contributed by atoms with E-state index in [1.807, 2.05) is 0 Å². The van der Waals surface area contributed by atoms with Crippen LogP contribution in [0.5, 0.6) is 0 Å². The zero-order valence-electron chi connectivity index (χ0n) is 13.1. The molecule has 0 bridgehead atoms. The van der Waals surface area contributed by atoms with Crippen molar-refractivity contribution < 1.29 is 4.57 Å². The van der Waals surface area contributed by atoms with Gasteiger partial charge in [0.15, 0.2) is 6.17 Å². The van der Waals surface area contributed by atoms with E-state index in [0.29, 0.717) is 0 Å². The molecule has 3 nitrogen and oxygen atoms in total. The van der Waals surface area contributed by atoms with Crippen molar-refractivity contribution in [1.29, 1.82) is 0 Å². The van der Waals surface area contributed by atoms with Gasteiger partial charge in [0.05, 0.1) is 18.9 Å². The Morgan fingerprint density at radius 3 is 2.24 bits per heavy atom. The monoisotopic (exact) mass is 280 g/mol. The maximum absolute atomic E-state index is 2.34. The largest absolute Gasteiger partial charge is 0.305 e. The molecular formula is C18H22N3+. The Balaban J connectivity index is 1.97. The van der Waals surface area contributed by atoms with E-state index in [0.717, 1.165) is 0 Å². The SMILES string of the molecule is Cc1cccc(C)c1N1C=CN(c2cccc[n+]2C)C1C. The second kappa shape index (κ2) is 5.24. The van der Waals surface area contributed by atoms with Gasteiger partial charge >= 0.3 is 0 Å². The maximum Gasteiger partial charge on any atom is 0.282 e. The summed E-state index contributed by atoms with van der Waals surface area (Å²) in [5, 5.41) is 0. The van der Waals surface area contributed by atoms with Crippen molar-refractivity contribution in [3.63, 3.8) is 0 Å². The number of benzene rings is 1. The summed E-state index contributed by atoms with van der Waals surface area (Å²) in [7, 11) is 2.08. The van der Waals surface area contributed by atoms with Crippen LogP contribution in [0.1, 0.15) is 18.1 Å². The first kappa shape index (κ1) is 13.7. The highest BCUT2D eigenvalue weighted by atomic mass is 15.4.